The molecule has 1 saturated heterocycles. The fourth-order valence-corrected chi connectivity index (χ4v) is 2.70. The number of ether oxygens (including phenoxy) is 3. The van der Waals surface area contributed by atoms with Crippen LogP contribution in [0.3, 0.4) is 0 Å². The number of carbonyl (C=O) groups excluding carboxylic acids is 1. The first-order chi connectivity index (χ1) is 12.7. The Bertz CT molecular complexity index is 777. The van der Waals surface area contributed by atoms with Gasteiger partial charge in [-0.2, -0.15) is 0 Å². The third-order valence-corrected chi connectivity index (χ3v) is 4.10. The highest BCUT2D eigenvalue weighted by molar-refractivity contribution is 5.92. The van der Waals surface area contributed by atoms with Crippen LogP contribution in [0.5, 0.6) is 17.5 Å². The number of hydrogen-bond donors (Lipinski definition) is 0. The van der Waals surface area contributed by atoms with E-state index in [-0.39, 0.29) is 12.0 Å². The topological polar surface area (TPSA) is 73.8 Å². The van der Waals surface area contributed by atoms with Crippen molar-refractivity contribution in [3.8, 4) is 17.5 Å². The average Bonchev–Trinajstić information content (AvgIpc) is 3.15. The number of amides is 1. The van der Waals surface area contributed by atoms with E-state index in [1.807, 2.05) is 24.3 Å². The third kappa shape index (κ3) is 4.30. The average molecular weight is 355 g/mol. The summed E-state index contributed by atoms with van der Waals surface area (Å²) < 4.78 is 16.1. The van der Waals surface area contributed by atoms with Crippen LogP contribution in [0.4, 0.5) is 0 Å². The molecule has 0 N–H and O–H groups in total. The van der Waals surface area contributed by atoms with Crippen molar-refractivity contribution in [1.29, 1.82) is 0 Å². The van der Waals surface area contributed by atoms with Crippen LogP contribution in [0.1, 0.15) is 12.0 Å². The van der Waals surface area contributed by atoms with E-state index in [2.05, 4.69) is 9.97 Å². The molecule has 0 spiro atoms. The zero-order valence-corrected chi connectivity index (χ0v) is 14.8. The predicted octanol–water partition coefficient (Wildman–Crippen LogP) is 2.19. The summed E-state index contributed by atoms with van der Waals surface area (Å²) in [4.78, 5) is 22.3. The zero-order valence-electron chi connectivity index (χ0n) is 14.8. The van der Waals surface area contributed by atoms with Gasteiger partial charge in [-0.25, -0.2) is 9.97 Å². The van der Waals surface area contributed by atoms with Gasteiger partial charge in [0, 0.05) is 31.4 Å². The Labute approximate surface area is 152 Å². The van der Waals surface area contributed by atoms with Crippen molar-refractivity contribution in [2.24, 2.45) is 0 Å². The van der Waals surface area contributed by atoms with E-state index >= 15 is 0 Å². The van der Waals surface area contributed by atoms with Crippen LogP contribution in [0.15, 0.2) is 42.7 Å². The van der Waals surface area contributed by atoms with E-state index < -0.39 is 0 Å². The number of benzene rings is 1. The molecule has 0 unspecified atom stereocenters. The minimum atomic E-state index is -0.126. The van der Waals surface area contributed by atoms with E-state index in [0.717, 1.165) is 17.7 Å². The predicted molar refractivity (Wildman–Crippen MR) is 96.2 cm³/mol. The normalized spacial score (nSPS) is 16.7. The molecule has 0 aliphatic carbocycles. The van der Waals surface area contributed by atoms with Crippen LogP contribution in [-0.4, -0.2) is 54.2 Å². The fraction of sp³-hybridized carbons (Fsp3) is 0.316. The Balaban J connectivity index is 1.55. The van der Waals surface area contributed by atoms with Crippen molar-refractivity contribution in [1.82, 2.24) is 14.9 Å². The first-order valence-corrected chi connectivity index (χ1v) is 8.32. The number of aromatic nitrogens is 2. The molecule has 0 bridgehead atoms. The number of carbonyl (C=O) groups is 1. The molecule has 26 heavy (non-hydrogen) atoms. The lowest BCUT2D eigenvalue weighted by Crippen LogP contribution is -2.29. The number of hydrogen-bond acceptors (Lipinski definition) is 6. The molecule has 2 heterocycles. The first-order valence-electron chi connectivity index (χ1n) is 8.32. The molecule has 1 fully saturated rings. The Morgan fingerprint density at radius 3 is 2.54 bits per heavy atom. The maximum atomic E-state index is 12.4. The van der Waals surface area contributed by atoms with E-state index in [0.29, 0.717) is 24.8 Å². The van der Waals surface area contributed by atoms with Gasteiger partial charge < -0.3 is 19.1 Å². The van der Waals surface area contributed by atoms with Gasteiger partial charge in [0.25, 0.3) is 11.8 Å². The molecule has 1 aromatic carbocycles. The monoisotopic (exact) mass is 355 g/mol. The van der Waals surface area contributed by atoms with Crippen molar-refractivity contribution < 1.29 is 19.0 Å². The van der Waals surface area contributed by atoms with E-state index in [9.17, 15) is 4.79 Å². The molecule has 1 aliphatic heterocycles. The standard InChI is InChI=1S/C19H21N3O4/c1-24-15-6-3-14(4-7-15)5-8-17(23)22-12-9-16(13-22)26-19-18(25-2)20-10-11-21-19/h3-8,10-11,16H,9,12-13H2,1-2H3/b8-5+/t16-/m1/s1. The summed E-state index contributed by atoms with van der Waals surface area (Å²) in [6.45, 7) is 1.14. The van der Waals surface area contributed by atoms with Gasteiger partial charge in [-0.1, -0.05) is 12.1 Å². The van der Waals surface area contributed by atoms with Crippen LogP contribution < -0.4 is 14.2 Å². The van der Waals surface area contributed by atoms with Gasteiger partial charge in [0.05, 0.1) is 20.8 Å². The third-order valence-electron chi connectivity index (χ3n) is 4.10. The summed E-state index contributed by atoms with van der Waals surface area (Å²) in [5.74, 6) is 1.44. The molecule has 1 aliphatic rings. The van der Waals surface area contributed by atoms with Gasteiger partial charge in [0.1, 0.15) is 11.9 Å². The van der Waals surface area contributed by atoms with Gasteiger partial charge in [-0.05, 0) is 23.8 Å². The van der Waals surface area contributed by atoms with Crippen molar-refractivity contribution >= 4 is 12.0 Å². The Morgan fingerprint density at radius 1 is 1.12 bits per heavy atom. The molecule has 7 nitrogen and oxygen atoms in total. The number of nitrogens with zero attached hydrogens (tertiary/aromatic N) is 3. The second kappa shape index (κ2) is 8.33. The molecule has 2 aromatic rings. The lowest BCUT2D eigenvalue weighted by molar-refractivity contribution is -0.125. The molecule has 1 amide bonds. The maximum Gasteiger partial charge on any atom is 0.278 e. The van der Waals surface area contributed by atoms with Gasteiger partial charge in [0.2, 0.25) is 5.91 Å². The molecule has 7 heteroatoms. The lowest BCUT2D eigenvalue weighted by atomic mass is 10.2. The van der Waals surface area contributed by atoms with Gasteiger partial charge >= 0.3 is 0 Å². The Morgan fingerprint density at radius 2 is 1.85 bits per heavy atom. The molecular weight excluding hydrogens is 334 g/mol. The largest absolute Gasteiger partial charge is 0.497 e. The minimum Gasteiger partial charge on any atom is -0.497 e. The van der Waals surface area contributed by atoms with Crippen LogP contribution in [0, 0.1) is 0 Å². The lowest BCUT2D eigenvalue weighted by Gasteiger charge is -2.16. The second-order valence-electron chi connectivity index (χ2n) is 5.79. The number of likely N-dealkylation sites (tertiary alicyclic amines) is 1. The molecule has 0 radical (unpaired) electrons. The fourth-order valence-electron chi connectivity index (χ4n) is 2.70. The Kier molecular flexibility index (Phi) is 5.68. The van der Waals surface area contributed by atoms with Gasteiger partial charge in [0.15, 0.2) is 0 Å². The summed E-state index contributed by atoms with van der Waals surface area (Å²) in [5, 5.41) is 0. The van der Waals surface area contributed by atoms with Crippen molar-refractivity contribution in [3.63, 3.8) is 0 Å². The second-order valence-corrected chi connectivity index (χ2v) is 5.79. The van der Waals surface area contributed by atoms with Gasteiger partial charge in [-0.3, -0.25) is 4.79 Å². The quantitative estimate of drug-likeness (QED) is 0.740. The Hall–Kier alpha value is -3.09. The zero-order chi connectivity index (χ0) is 18.4. The summed E-state index contributed by atoms with van der Waals surface area (Å²) >= 11 is 0. The number of methoxy groups -OCH3 is 2. The highest BCUT2D eigenvalue weighted by atomic mass is 16.5. The van der Waals surface area contributed by atoms with Gasteiger partial charge in [-0.15, -0.1) is 0 Å². The molecule has 0 saturated carbocycles. The summed E-state index contributed by atoms with van der Waals surface area (Å²) in [7, 11) is 3.14. The summed E-state index contributed by atoms with van der Waals surface area (Å²) in [6.07, 6.45) is 7.07. The number of rotatable bonds is 6. The molecular formula is C19H21N3O4. The molecule has 136 valence electrons. The van der Waals surface area contributed by atoms with Crippen LogP contribution in [0.2, 0.25) is 0 Å². The smallest absolute Gasteiger partial charge is 0.278 e. The van der Waals surface area contributed by atoms with Crippen molar-refractivity contribution in [2.75, 3.05) is 27.3 Å². The first kappa shape index (κ1) is 17.7. The molecule has 3 rings (SSSR count). The van der Waals surface area contributed by atoms with Crippen molar-refractivity contribution in [2.45, 2.75) is 12.5 Å². The minimum absolute atomic E-state index is 0.0435. The van der Waals surface area contributed by atoms with Crippen LogP contribution >= 0.6 is 0 Å². The van der Waals surface area contributed by atoms with E-state index in [1.54, 1.807) is 36.6 Å². The van der Waals surface area contributed by atoms with E-state index in [1.165, 1.54) is 7.11 Å². The van der Waals surface area contributed by atoms with Crippen molar-refractivity contribution in [3.05, 3.63) is 48.3 Å². The van der Waals surface area contributed by atoms with E-state index in [4.69, 9.17) is 14.2 Å². The SMILES string of the molecule is COc1ccc(/C=C/C(=O)N2CC[C@@H](Oc3nccnc3OC)C2)cc1. The highest BCUT2D eigenvalue weighted by Crippen LogP contribution is 2.24. The summed E-state index contributed by atoms with van der Waals surface area (Å²) in [5.41, 5.74) is 0.940. The maximum absolute atomic E-state index is 12.4. The summed E-state index contributed by atoms with van der Waals surface area (Å²) in [6, 6.07) is 7.52. The van der Waals surface area contributed by atoms with Crippen LogP contribution in [-0.2, 0) is 4.79 Å². The highest BCUT2D eigenvalue weighted by Gasteiger charge is 2.27. The van der Waals surface area contributed by atoms with Crippen LogP contribution in [0.25, 0.3) is 6.08 Å². The molecule has 1 aromatic heterocycles. The molecule has 1 atom stereocenters.